The van der Waals surface area contributed by atoms with Gasteiger partial charge in [0.1, 0.15) is 12.2 Å². The Morgan fingerprint density at radius 2 is 2.25 bits per heavy atom. The number of nitrogens with two attached hydrogens (primary N) is 1. The number of hydrazine groups is 1. The highest BCUT2D eigenvalue weighted by atomic mass is 15.3. The minimum atomic E-state index is 0.311. The van der Waals surface area contributed by atoms with Crippen molar-refractivity contribution in [3.05, 3.63) is 12.2 Å². The van der Waals surface area contributed by atoms with Crippen LogP contribution in [0.15, 0.2) is 6.33 Å². The van der Waals surface area contributed by atoms with Crippen molar-refractivity contribution in [2.24, 2.45) is 17.7 Å². The fraction of sp³-hybridized carbons (Fsp3) is 0.867. The summed E-state index contributed by atoms with van der Waals surface area (Å²) in [6, 6.07) is 0.659. The van der Waals surface area contributed by atoms with Gasteiger partial charge >= 0.3 is 0 Å². The number of nitrogens with one attached hydrogen (secondary N) is 1. The second-order valence-electron chi connectivity index (χ2n) is 6.39. The fourth-order valence-corrected chi connectivity index (χ4v) is 3.48. The summed E-state index contributed by atoms with van der Waals surface area (Å²) in [7, 11) is 0. The second kappa shape index (κ2) is 7.18. The molecule has 0 amide bonds. The molecule has 1 aromatic heterocycles. The Morgan fingerprint density at radius 3 is 2.90 bits per heavy atom. The van der Waals surface area contributed by atoms with Gasteiger partial charge in [-0.05, 0) is 38.5 Å². The van der Waals surface area contributed by atoms with Crippen LogP contribution in [0.3, 0.4) is 0 Å². The van der Waals surface area contributed by atoms with E-state index in [-0.39, 0.29) is 0 Å². The highest BCUT2D eigenvalue weighted by Crippen LogP contribution is 2.33. The Hall–Kier alpha value is -0.940. The Labute approximate surface area is 122 Å². The summed E-state index contributed by atoms with van der Waals surface area (Å²) in [4.78, 5) is 4.42. The first-order valence-corrected chi connectivity index (χ1v) is 8.00. The summed E-state index contributed by atoms with van der Waals surface area (Å²) in [5.74, 6) is 8.40. The van der Waals surface area contributed by atoms with Crippen LogP contribution in [0.2, 0.25) is 0 Å². The zero-order chi connectivity index (χ0) is 14.5. The number of nitrogens with zero attached hydrogens (tertiary/aromatic N) is 3. The van der Waals surface area contributed by atoms with Gasteiger partial charge in [0.05, 0.1) is 0 Å². The average Bonchev–Trinajstić information content (AvgIpc) is 2.93. The summed E-state index contributed by atoms with van der Waals surface area (Å²) < 4.78 is 2.00. The Morgan fingerprint density at radius 1 is 1.45 bits per heavy atom. The Kier molecular flexibility index (Phi) is 5.54. The SMILES string of the molecule is CCC1CCCC(C(Cc2ncnn2C(C)C)NN)C1. The van der Waals surface area contributed by atoms with Crippen molar-refractivity contribution in [2.75, 3.05) is 0 Å². The van der Waals surface area contributed by atoms with E-state index in [2.05, 4.69) is 36.3 Å². The predicted octanol–water partition coefficient (Wildman–Crippen LogP) is 2.45. The summed E-state index contributed by atoms with van der Waals surface area (Å²) in [6.45, 7) is 6.57. The first kappa shape index (κ1) is 15.4. The largest absolute Gasteiger partial charge is 0.271 e. The van der Waals surface area contributed by atoms with Crippen LogP contribution in [0, 0.1) is 11.8 Å². The van der Waals surface area contributed by atoms with Gasteiger partial charge in [-0.3, -0.25) is 11.3 Å². The van der Waals surface area contributed by atoms with E-state index >= 15 is 0 Å². The smallest absolute Gasteiger partial charge is 0.138 e. The molecule has 0 spiro atoms. The summed E-state index contributed by atoms with van der Waals surface area (Å²) in [5, 5.41) is 4.32. The lowest BCUT2D eigenvalue weighted by Crippen LogP contribution is -2.44. The third-order valence-electron chi connectivity index (χ3n) is 4.72. The molecule has 0 radical (unpaired) electrons. The van der Waals surface area contributed by atoms with E-state index in [0.717, 1.165) is 18.2 Å². The van der Waals surface area contributed by atoms with Crippen LogP contribution >= 0.6 is 0 Å². The maximum Gasteiger partial charge on any atom is 0.138 e. The summed E-state index contributed by atoms with van der Waals surface area (Å²) >= 11 is 0. The first-order chi connectivity index (χ1) is 9.65. The van der Waals surface area contributed by atoms with E-state index < -0.39 is 0 Å². The molecule has 1 aliphatic carbocycles. The first-order valence-electron chi connectivity index (χ1n) is 8.00. The van der Waals surface area contributed by atoms with Gasteiger partial charge in [-0.2, -0.15) is 5.10 Å². The molecule has 1 fully saturated rings. The molecule has 5 heteroatoms. The maximum absolute atomic E-state index is 5.83. The van der Waals surface area contributed by atoms with Gasteiger partial charge in [0.25, 0.3) is 0 Å². The number of hydrogen-bond donors (Lipinski definition) is 2. The predicted molar refractivity (Wildman–Crippen MR) is 81.0 cm³/mol. The lowest BCUT2D eigenvalue weighted by molar-refractivity contribution is 0.205. The zero-order valence-electron chi connectivity index (χ0n) is 13.0. The minimum absolute atomic E-state index is 0.311. The van der Waals surface area contributed by atoms with Crippen LogP contribution in [-0.2, 0) is 6.42 Å². The molecule has 0 aromatic carbocycles. The molecule has 0 aliphatic heterocycles. The summed E-state index contributed by atoms with van der Waals surface area (Å²) in [5.41, 5.74) is 3.04. The van der Waals surface area contributed by atoms with E-state index in [9.17, 15) is 0 Å². The maximum atomic E-state index is 5.83. The molecular formula is C15H29N5. The molecule has 0 bridgehead atoms. The van der Waals surface area contributed by atoms with Crippen LogP contribution < -0.4 is 11.3 Å². The van der Waals surface area contributed by atoms with Gasteiger partial charge in [0, 0.05) is 18.5 Å². The highest BCUT2D eigenvalue weighted by molar-refractivity contribution is 4.94. The van der Waals surface area contributed by atoms with Gasteiger partial charge < -0.3 is 0 Å². The van der Waals surface area contributed by atoms with E-state index in [0.29, 0.717) is 18.0 Å². The fourth-order valence-electron chi connectivity index (χ4n) is 3.48. The molecule has 3 unspecified atom stereocenters. The van der Waals surface area contributed by atoms with E-state index in [1.54, 1.807) is 6.33 Å². The van der Waals surface area contributed by atoms with E-state index in [1.807, 2.05) is 4.68 Å². The van der Waals surface area contributed by atoms with Crippen molar-refractivity contribution in [1.29, 1.82) is 0 Å². The molecule has 5 nitrogen and oxygen atoms in total. The second-order valence-corrected chi connectivity index (χ2v) is 6.39. The van der Waals surface area contributed by atoms with Crippen LogP contribution in [0.25, 0.3) is 0 Å². The Bertz CT molecular complexity index is 401. The standard InChI is InChI=1S/C15H29N5/c1-4-12-6-5-7-13(8-12)14(19-16)9-15-17-10-18-20(15)11(2)3/h10-14,19H,4-9,16H2,1-3H3. The van der Waals surface area contributed by atoms with Crippen LogP contribution in [0.1, 0.15) is 64.7 Å². The van der Waals surface area contributed by atoms with Crippen molar-refractivity contribution in [2.45, 2.75) is 71.4 Å². The molecule has 1 heterocycles. The van der Waals surface area contributed by atoms with Crippen LogP contribution in [0.4, 0.5) is 0 Å². The molecule has 114 valence electrons. The third-order valence-corrected chi connectivity index (χ3v) is 4.72. The number of aromatic nitrogens is 3. The normalized spacial score (nSPS) is 25.1. The molecule has 3 N–H and O–H groups in total. The van der Waals surface area contributed by atoms with Crippen LogP contribution in [-0.4, -0.2) is 20.8 Å². The molecular weight excluding hydrogens is 250 g/mol. The molecule has 1 aromatic rings. The van der Waals surface area contributed by atoms with Crippen molar-refractivity contribution >= 4 is 0 Å². The number of rotatable bonds is 6. The van der Waals surface area contributed by atoms with Gasteiger partial charge in [0.15, 0.2) is 0 Å². The van der Waals surface area contributed by atoms with Crippen molar-refractivity contribution in [1.82, 2.24) is 20.2 Å². The lowest BCUT2D eigenvalue weighted by atomic mass is 9.76. The molecule has 3 atom stereocenters. The van der Waals surface area contributed by atoms with Crippen molar-refractivity contribution in [3.8, 4) is 0 Å². The van der Waals surface area contributed by atoms with Crippen molar-refractivity contribution in [3.63, 3.8) is 0 Å². The average molecular weight is 279 g/mol. The number of hydrogen-bond acceptors (Lipinski definition) is 4. The van der Waals surface area contributed by atoms with Gasteiger partial charge in [-0.25, -0.2) is 9.67 Å². The van der Waals surface area contributed by atoms with Gasteiger partial charge in [0.2, 0.25) is 0 Å². The van der Waals surface area contributed by atoms with Crippen LogP contribution in [0.5, 0.6) is 0 Å². The Balaban J connectivity index is 2.03. The molecule has 0 saturated heterocycles. The molecule has 20 heavy (non-hydrogen) atoms. The molecule has 2 rings (SSSR count). The van der Waals surface area contributed by atoms with Gasteiger partial charge in [-0.15, -0.1) is 0 Å². The molecule has 1 saturated carbocycles. The minimum Gasteiger partial charge on any atom is -0.271 e. The highest BCUT2D eigenvalue weighted by Gasteiger charge is 2.28. The van der Waals surface area contributed by atoms with Gasteiger partial charge in [-0.1, -0.05) is 26.2 Å². The van der Waals surface area contributed by atoms with E-state index in [4.69, 9.17) is 5.84 Å². The van der Waals surface area contributed by atoms with Crippen molar-refractivity contribution < 1.29 is 0 Å². The quantitative estimate of drug-likeness (QED) is 0.620. The third kappa shape index (κ3) is 3.58. The topological polar surface area (TPSA) is 68.8 Å². The summed E-state index contributed by atoms with van der Waals surface area (Å²) in [6.07, 6.45) is 9.09. The van der Waals surface area contributed by atoms with E-state index in [1.165, 1.54) is 32.1 Å². The monoisotopic (exact) mass is 279 g/mol. The zero-order valence-corrected chi connectivity index (χ0v) is 13.0. The molecule has 1 aliphatic rings. The lowest BCUT2D eigenvalue weighted by Gasteiger charge is -2.34.